The zero-order chi connectivity index (χ0) is 19.9. The first-order valence-electron chi connectivity index (χ1n) is 8.93. The molecule has 3 aromatic rings. The van der Waals surface area contributed by atoms with Crippen LogP contribution in [0.25, 0.3) is 10.8 Å². The van der Waals surface area contributed by atoms with Crippen LogP contribution in [0.4, 0.5) is 0 Å². The number of methoxy groups -OCH3 is 1. The second-order valence-corrected chi connectivity index (χ2v) is 6.26. The molecule has 0 aliphatic rings. The third kappa shape index (κ3) is 4.59. The molecule has 1 unspecified atom stereocenters. The molecule has 0 heterocycles. The Morgan fingerprint density at radius 2 is 1.57 bits per heavy atom. The first-order chi connectivity index (χ1) is 13.6. The lowest BCUT2D eigenvalue weighted by molar-refractivity contribution is -0.132. The van der Waals surface area contributed by atoms with Gasteiger partial charge >= 0.3 is 0 Å². The average Bonchev–Trinajstić information content (AvgIpc) is 2.72. The summed E-state index contributed by atoms with van der Waals surface area (Å²) in [6.07, 6.45) is -0.655. The highest BCUT2D eigenvalue weighted by molar-refractivity contribution is 5.91. The van der Waals surface area contributed by atoms with Crippen LogP contribution >= 0.6 is 0 Å². The highest BCUT2D eigenvalue weighted by Gasteiger charge is 2.17. The summed E-state index contributed by atoms with van der Waals surface area (Å²) in [5, 5.41) is 2.08. The van der Waals surface area contributed by atoms with Crippen LogP contribution in [0.2, 0.25) is 0 Å². The van der Waals surface area contributed by atoms with Gasteiger partial charge in [-0.05, 0) is 35.4 Å². The lowest BCUT2D eigenvalue weighted by Crippen LogP contribution is -2.47. The molecule has 28 heavy (non-hydrogen) atoms. The van der Waals surface area contributed by atoms with Gasteiger partial charge in [0, 0.05) is 0 Å². The van der Waals surface area contributed by atoms with Crippen molar-refractivity contribution in [2.24, 2.45) is 0 Å². The van der Waals surface area contributed by atoms with Gasteiger partial charge in [-0.25, -0.2) is 0 Å². The number of nitrogens with one attached hydrogen (secondary N) is 2. The molecule has 3 rings (SSSR count). The third-order valence-corrected chi connectivity index (χ3v) is 4.30. The van der Waals surface area contributed by atoms with Gasteiger partial charge in [0.25, 0.3) is 5.91 Å². The fourth-order valence-electron chi connectivity index (χ4n) is 2.86. The van der Waals surface area contributed by atoms with E-state index in [9.17, 15) is 9.59 Å². The highest BCUT2D eigenvalue weighted by Crippen LogP contribution is 2.26. The highest BCUT2D eigenvalue weighted by atomic mass is 16.5. The van der Waals surface area contributed by atoms with Crippen LogP contribution in [0.1, 0.15) is 12.5 Å². The van der Waals surface area contributed by atoms with Crippen molar-refractivity contribution < 1.29 is 19.1 Å². The molecule has 0 radical (unpaired) electrons. The smallest absolute Gasteiger partial charge is 0.279 e. The second kappa shape index (κ2) is 8.90. The number of para-hydroxylation sites is 2. The molecule has 0 aliphatic heterocycles. The summed E-state index contributed by atoms with van der Waals surface area (Å²) < 4.78 is 10.8. The maximum absolute atomic E-state index is 12.3. The van der Waals surface area contributed by atoms with Crippen LogP contribution < -0.4 is 20.3 Å². The van der Waals surface area contributed by atoms with Gasteiger partial charge in [0.15, 0.2) is 17.6 Å². The molecule has 6 nitrogen and oxygen atoms in total. The number of amides is 2. The molecule has 0 spiro atoms. The minimum atomic E-state index is -0.811. The Labute approximate surface area is 163 Å². The molecule has 0 saturated carbocycles. The Morgan fingerprint density at radius 1 is 0.893 bits per heavy atom. The number of fused-ring (bicyclic) bond motifs is 1. The Hall–Kier alpha value is -3.54. The Balaban J connectivity index is 1.55. The number of carbonyl (C=O) groups excluding carboxylic acids is 2. The van der Waals surface area contributed by atoms with Crippen molar-refractivity contribution >= 4 is 22.6 Å². The van der Waals surface area contributed by atoms with E-state index < -0.39 is 12.0 Å². The number of hydrogen-bond acceptors (Lipinski definition) is 4. The van der Waals surface area contributed by atoms with Crippen LogP contribution in [-0.4, -0.2) is 25.0 Å². The van der Waals surface area contributed by atoms with Gasteiger partial charge in [0.1, 0.15) is 0 Å². The van der Waals surface area contributed by atoms with Crippen LogP contribution in [-0.2, 0) is 16.0 Å². The Morgan fingerprint density at radius 3 is 2.36 bits per heavy atom. The minimum absolute atomic E-state index is 0.156. The van der Waals surface area contributed by atoms with E-state index in [1.165, 1.54) is 7.11 Å². The average molecular weight is 378 g/mol. The van der Waals surface area contributed by atoms with E-state index in [-0.39, 0.29) is 12.3 Å². The van der Waals surface area contributed by atoms with Gasteiger partial charge < -0.3 is 9.47 Å². The van der Waals surface area contributed by atoms with Crippen molar-refractivity contribution in [2.45, 2.75) is 19.4 Å². The van der Waals surface area contributed by atoms with Gasteiger partial charge in [0.2, 0.25) is 5.91 Å². The molecule has 0 aromatic heterocycles. The van der Waals surface area contributed by atoms with Crippen molar-refractivity contribution in [2.75, 3.05) is 7.11 Å². The van der Waals surface area contributed by atoms with Crippen LogP contribution in [0, 0.1) is 0 Å². The standard InChI is InChI=1S/C22H22N2O4/c1-15(28-20-13-6-5-12-19(20)27-2)22(26)24-23-21(25)14-17-10-7-9-16-8-3-4-11-18(16)17/h3-13,15H,14H2,1-2H3,(H,23,25)(H,24,26). The Kier molecular flexibility index (Phi) is 6.11. The number of rotatable bonds is 6. The molecule has 0 aliphatic carbocycles. The molecule has 0 saturated heterocycles. The summed E-state index contributed by atoms with van der Waals surface area (Å²) in [6, 6.07) is 20.7. The number of ether oxygens (including phenoxy) is 2. The fourth-order valence-corrected chi connectivity index (χ4v) is 2.86. The van der Waals surface area contributed by atoms with Crippen LogP contribution in [0.3, 0.4) is 0 Å². The van der Waals surface area contributed by atoms with E-state index in [1.54, 1.807) is 25.1 Å². The summed E-state index contributed by atoms with van der Waals surface area (Å²) in [7, 11) is 1.53. The third-order valence-electron chi connectivity index (χ3n) is 4.30. The number of carbonyl (C=O) groups is 2. The molecule has 1 atom stereocenters. The van der Waals surface area contributed by atoms with E-state index in [2.05, 4.69) is 10.9 Å². The van der Waals surface area contributed by atoms with E-state index in [0.29, 0.717) is 11.5 Å². The summed E-state index contributed by atoms with van der Waals surface area (Å²) in [4.78, 5) is 24.5. The predicted molar refractivity (Wildman–Crippen MR) is 107 cm³/mol. The largest absolute Gasteiger partial charge is 0.493 e. The number of benzene rings is 3. The maximum atomic E-state index is 12.3. The van der Waals surface area contributed by atoms with Gasteiger partial charge in [-0.15, -0.1) is 0 Å². The molecular weight excluding hydrogens is 356 g/mol. The summed E-state index contributed by atoms with van der Waals surface area (Å²) in [5.41, 5.74) is 5.74. The first kappa shape index (κ1) is 19.2. The molecule has 2 N–H and O–H groups in total. The van der Waals surface area contributed by atoms with Gasteiger partial charge in [-0.3, -0.25) is 20.4 Å². The predicted octanol–water partition coefficient (Wildman–Crippen LogP) is 3.01. The lowest BCUT2D eigenvalue weighted by atomic mass is 10.0. The first-order valence-corrected chi connectivity index (χ1v) is 8.93. The van der Waals surface area contributed by atoms with Crippen molar-refractivity contribution in [3.05, 3.63) is 72.3 Å². The summed E-state index contributed by atoms with van der Waals surface area (Å²) >= 11 is 0. The van der Waals surface area contributed by atoms with Crippen molar-refractivity contribution in [1.82, 2.24) is 10.9 Å². The zero-order valence-corrected chi connectivity index (χ0v) is 15.8. The molecule has 3 aromatic carbocycles. The van der Waals surface area contributed by atoms with E-state index >= 15 is 0 Å². The lowest BCUT2D eigenvalue weighted by Gasteiger charge is -2.17. The van der Waals surface area contributed by atoms with E-state index in [0.717, 1.165) is 16.3 Å². The number of hydrogen-bond donors (Lipinski definition) is 2. The summed E-state index contributed by atoms with van der Waals surface area (Å²) in [6.45, 7) is 1.60. The van der Waals surface area contributed by atoms with Crippen molar-refractivity contribution in [3.63, 3.8) is 0 Å². The molecule has 6 heteroatoms. The van der Waals surface area contributed by atoms with E-state index in [4.69, 9.17) is 9.47 Å². The molecule has 144 valence electrons. The van der Waals surface area contributed by atoms with Gasteiger partial charge in [-0.2, -0.15) is 0 Å². The monoisotopic (exact) mass is 378 g/mol. The normalized spacial score (nSPS) is 11.5. The SMILES string of the molecule is COc1ccccc1OC(C)C(=O)NNC(=O)Cc1cccc2ccccc12. The molecule has 0 fully saturated rings. The Bertz CT molecular complexity index is 982. The molecule has 2 amide bonds. The van der Waals surface area contributed by atoms with Crippen LogP contribution in [0.5, 0.6) is 11.5 Å². The quantitative estimate of drug-likeness (QED) is 0.647. The van der Waals surface area contributed by atoms with Crippen LogP contribution in [0.15, 0.2) is 66.7 Å². The molecule has 0 bridgehead atoms. The zero-order valence-electron chi connectivity index (χ0n) is 15.8. The van der Waals surface area contributed by atoms with E-state index in [1.807, 2.05) is 48.5 Å². The topological polar surface area (TPSA) is 76.7 Å². The summed E-state index contributed by atoms with van der Waals surface area (Å²) in [5.74, 6) is 0.211. The van der Waals surface area contributed by atoms with Gasteiger partial charge in [0.05, 0.1) is 13.5 Å². The van der Waals surface area contributed by atoms with Crippen molar-refractivity contribution in [1.29, 1.82) is 0 Å². The fraction of sp³-hybridized carbons (Fsp3) is 0.182. The van der Waals surface area contributed by atoms with Gasteiger partial charge in [-0.1, -0.05) is 54.6 Å². The number of hydrazine groups is 1. The van der Waals surface area contributed by atoms with Crippen molar-refractivity contribution in [3.8, 4) is 11.5 Å². The maximum Gasteiger partial charge on any atom is 0.279 e. The second-order valence-electron chi connectivity index (χ2n) is 6.26. The molecular formula is C22H22N2O4. The minimum Gasteiger partial charge on any atom is -0.493 e.